The molecule has 5 heteroatoms. The number of rotatable bonds is 4. The zero-order chi connectivity index (χ0) is 20.7. The van der Waals surface area contributed by atoms with E-state index in [1.165, 1.54) is 5.56 Å². The molecule has 2 atom stereocenters. The van der Waals surface area contributed by atoms with E-state index in [1.54, 1.807) is 0 Å². The van der Waals surface area contributed by atoms with E-state index in [4.69, 9.17) is 26.2 Å². The van der Waals surface area contributed by atoms with Crippen LogP contribution in [0.15, 0.2) is 71.8 Å². The highest BCUT2D eigenvalue weighted by Gasteiger charge is 2.41. The van der Waals surface area contributed by atoms with Gasteiger partial charge in [0.1, 0.15) is 11.5 Å². The van der Waals surface area contributed by atoms with Crippen molar-refractivity contribution in [3.05, 3.63) is 94.0 Å². The number of fused-ring (bicyclic) bond motifs is 3. The molecule has 0 aliphatic carbocycles. The summed E-state index contributed by atoms with van der Waals surface area (Å²) in [5.74, 6) is 1.71. The number of nitrogens with zero attached hydrogens (tertiary/aromatic N) is 2. The van der Waals surface area contributed by atoms with Gasteiger partial charge >= 0.3 is 0 Å². The van der Waals surface area contributed by atoms with Gasteiger partial charge in [-0.1, -0.05) is 41.4 Å². The van der Waals surface area contributed by atoms with Crippen LogP contribution in [0.25, 0.3) is 0 Å². The minimum absolute atomic E-state index is 0.0836. The van der Waals surface area contributed by atoms with Gasteiger partial charge in [0.2, 0.25) is 6.23 Å². The molecule has 0 N–H and O–H groups in total. The van der Waals surface area contributed by atoms with E-state index in [0.717, 1.165) is 40.3 Å². The summed E-state index contributed by atoms with van der Waals surface area (Å²) in [6, 6.07) is 22.5. The van der Waals surface area contributed by atoms with E-state index in [1.807, 2.05) is 49.4 Å². The van der Waals surface area contributed by atoms with Crippen LogP contribution in [0.3, 0.4) is 0 Å². The van der Waals surface area contributed by atoms with Gasteiger partial charge in [-0.3, -0.25) is 0 Å². The Bertz CT molecular complexity index is 1090. The lowest BCUT2D eigenvalue weighted by molar-refractivity contribution is -0.0190. The number of hydrogen-bond donors (Lipinski definition) is 0. The predicted octanol–water partition coefficient (Wildman–Crippen LogP) is 6.29. The van der Waals surface area contributed by atoms with Gasteiger partial charge in [0.25, 0.3) is 0 Å². The van der Waals surface area contributed by atoms with Gasteiger partial charge in [-0.2, -0.15) is 5.10 Å². The molecule has 0 amide bonds. The van der Waals surface area contributed by atoms with Crippen molar-refractivity contribution in [2.45, 2.75) is 32.5 Å². The van der Waals surface area contributed by atoms with Gasteiger partial charge in [-0.25, -0.2) is 5.01 Å². The van der Waals surface area contributed by atoms with Crippen LogP contribution in [0.2, 0.25) is 5.02 Å². The molecule has 0 saturated heterocycles. The molecule has 0 bridgehead atoms. The Morgan fingerprint density at radius 2 is 1.83 bits per heavy atom. The molecule has 30 heavy (non-hydrogen) atoms. The average molecular weight is 419 g/mol. The summed E-state index contributed by atoms with van der Waals surface area (Å²) in [4.78, 5) is 0. The fraction of sp³-hybridized carbons (Fsp3) is 0.240. The summed E-state index contributed by atoms with van der Waals surface area (Å²) in [5.41, 5.74) is 5.56. The monoisotopic (exact) mass is 418 g/mol. The first-order chi connectivity index (χ1) is 14.6. The first kappa shape index (κ1) is 19.0. The van der Waals surface area contributed by atoms with Gasteiger partial charge in [-0.15, -0.1) is 0 Å². The molecule has 0 spiro atoms. The van der Waals surface area contributed by atoms with E-state index in [2.05, 4.69) is 36.2 Å². The topological polar surface area (TPSA) is 34.1 Å². The predicted molar refractivity (Wildman–Crippen MR) is 119 cm³/mol. The van der Waals surface area contributed by atoms with Gasteiger partial charge in [0, 0.05) is 22.6 Å². The highest BCUT2D eigenvalue weighted by atomic mass is 35.5. The number of benzene rings is 3. The fourth-order valence-electron chi connectivity index (χ4n) is 4.09. The third kappa shape index (κ3) is 3.41. The molecule has 152 valence electrons. The Morgan fingerprint density at radius 3 is 2.57 bits per heavy atom. The molecule has 0 aromatic heterocycles. The zero-order valence-corrected chi connectivity index (χ0v) is 17.8. The lowest BCUT2D eigenvalue weighted by Gasteiger charge is -2.38. The molecule has 0 fully saturated rings. The molecule has 2 aliphatic rings. The van der Waals surface area contributed by atoms with E-state index < -0.39 is 0 Å². The fourth-order valence-corrected chi connectivity index (χ4v) is 4.27. The van der Waals surface area contributed by atoms with Crippen LogP contribution in [0.1, 0.15) is 47.9 Å². The van der Waals surface area contributed by atoms with Crippen LogP contribution >= 0.6 is 11.6 Å². The van der Waals surface area contributed by atoms with Crippen molar-refractivity contribution in [3.63, 3.8) is 0 Å². The third-order valence-corrected chi connectivity index (χ3v) is 5.85. The molecule has 3 aromatic carbocycles. The number of halogens is 1. The summed E-state index contributed by atoms with van der Waals surface area (Å²) >= 11 is 6.31. The van der Waals surface area contributed by atoms with Crippen LogP contribution < -0.4 is 9.47 Å². The van der Waals surface area contributed by atoms with E-state index in [0.29, 0.717) is 11.6 Å². The largest absolute Gasteiger partial charge is 0.494 e. The van der Waals surface area contributed by atoms with Crippen LogP contribution in [-0.2, 0) is 0 Å². The third-order valence-electron chi connectivity index (χ3n) is 5.61. The van der Waals surface area contributed by atoms with Crippen LogP contribution in [0, 0.1) is 6.92 Å². The van der Waals surface area contributed by atoms with Crippen molar-refractivity contribution in [2.24, 2.45) is 5.10 Å². The van der Waals surface area contributed by atoms with Crippen molar-refractivity contribution in [2.75, 3.05) is 6.61 Å². The maximum absolute atomic E-state index is 6.41. The van der Waals surface area contributed by atoms with Crippen molar-refractivity contribution < 1.29 is 9.47 Å². The average Bonchev–Trinajstić information content (AvgIpc) is 3.20. The van der Waals surface area contributed by atoms with Gasteiger partial charge < -0.3 is 9.47 Å². The van der Waals surface area contributed by atoms with Crippen molar-refractivity contribution in [1.29, 1.82) is 0 Å². The number of hydrogen-bond acceptors (Lipinski definition) is 4. The van der Waals surface area contributed by atoms with Crippen LogP contribution in [0.4, 0.5) is 0 Å². The lowest BCUT2D eigenvalue weighted by Crippen LogP contribution is -2.33. The van der Waals surface area contributed by atoms with E-state index in [9.17, 15) is 0 Å². The Balaban J connectivity index is 1.55. The van der Waals surface area contributed by atoms with Crippen LogP contribution in [0.5, 0.6) is 11.5 Å². The van der Waals surface area contributed by atoms with Crippen molar-refractivity contribution in [1.82, 2.24) is 5.01 Å². The highest BCUT2D eigenvalue weighted by molar-refractivity contribution is 6.30. The number of aryl methyl sites for hydroxylation is 1. The standard InChI is InChI=1S/C25H23ClN2O2/c1-3-29-20-11-8-18(9-12-20)25-28-23(21-14-19(26)10-13-24(21)30-25)15-22(27-28)17-6-4-16(2)5-7-17/h4-14,23,25H,3,15H2,1-2H3. The van der Waals surface area contributed by atoms with Crippen molar-refractivity contribution in [3.8, 4) is 11.5 Å². The van der Waals surface area contributed by atoms with Gasteiger partial charge in [0.15, 0.2) is 0 Å². The van der Waals surface area contributed by atoms with Crippen LogP contribution in [-0.4, -0.2) is 17.3 Å². The van der Waals surface area contributed by atoms with Crippen molar-refractivity contribution >= 4 is 17.3 Å². The van der Waals surface area contributed by atoms with E-state index >= 15 is 0 Å². The highest BCUT2D eigenvalue weighted by Crippen LogP contribution is 2.48. The molecule has 2 heterocycles. The molecule has 4 nitrogen and oxygen atoms in total. The second-order valence-electron chi connectivity index (χ2n) is 7.67. The Labute approximate surface area is 181 Å². The SMILES string of the molecule is CCOc1ccc(C2Oc3ccc(Cl)cc3C3CC(c4ccc(C)cc4)=NN32)cc1. The summed E-state index contributed by atoms with van der Waals surface area (Å²) in [7, 11) is 0. The Kier molecular flexibility index (Phi) is 4.87. The molecule has 0 saturated carbocycles. The molecule has 2 aliphatic heterocycles. The molecule has 2 unspecified atom stereocenters. The first-order valence-corrected chi connectivity index (χ1v) is 10.6. The minimum Gasteiger partial charge on any atom is -0.494 e. The minimum atomic E-state index is -0.303. The summed E-state index contributed by atoms with van der Waals surface area (Å²) in [6.07, 6.45) is 0.509. The summed E-state index contributed by atoms with van der Waals surface area (Å²) in [6.45, 7) is 4.72. The molecular formula is C25H23ClN2O2. The second kappa shape index (κ2) is 7.69. The molecule has 5 rings (SSSR count). The summed E-state index contributed by atoms with van der Waals surface area (Å²) < 4.78 is 12.0. The normalized spacial score (nSPS) is 19.6. The Morgan fingerprint density at radius 1 is 1.07 bits per heavy atom. The first-order valence-electron chi connectivity index (χ1n) is 10.2. The molecule has 0 radical (unpaired) electrons. The van der Waals surface area contributed by atoms with E-state index in [-0.39, 0.29) is 12.3 Å². The number of ether oxygens (including phenoxy) is 2. The maximum Gasteiger partial charge on any atom is 0.213 e. The quantitative estimate of drug-likeness (QED) is 0.499. The second-order valence-corrected chi connectivity index (χ2v) is 8.10. The Hall–Kier alpha value is -2.98. The summed E-state index contributed by atoms with van der Waals surface area (Å²) in [5, 5.41) is 7.79. The number of hydrazone groups is 1. The molecular weight excluding hydrogens is 396 g/mol. The maximum atomic E-state index is 6.41. The lowest BCUT2D eigenvalue weighted by atomic mass is 9.95. The zero-order valence-electron chi connectivity index (χ0n) is 17.0. The van der Waals surface area contributed by atoms with Gasteiger partial charge in [-0.05, 0) is 61.9 Å². The molecule has 3 aromatic rings. The smallest absolute Gasteiger partial charge is 0.213 e. The van der Waals surface area contributed by atoms with Gasteiger partial charge in [0.05, 0.1) is 18.4 Å².